The van der Waals surface area contributed by atoms with E-state index in [0.717, 1.165) is 45.2 Å². The van der Waals surface area contributed by atoms with Gasteiger partial charge in [-0.15, -0.1) is 0 Å². The highest BCUT2D eigenvalue weighted by Gasteiger charge is 2.58. The summed E-state index contributed by atoms with van der Waals surface area (Å²) in [6.07, 6.45) is 0. The first kappa shape index (κ1) is 58.5. The molecule has 0 amide bonds. The third-order valence-electron chi connectivity index (χ3n) is 26.6. The van der Waals surface area contributed by atoms with Gasteiger partial charge in [0.1, 0.15) is 0 Å². The highest BCUT2D eigenvalue weighted by Crippen LogP contribution is 2.69. The first-order chi connectivity index (χ1) is 54.1. The number of nitrogens with zero attached hydrogens (tertiary/aromatic N) is 3. The fraction of sp³-hybridized carbons (Fsp3) is 0.0286. The third kappa shape index (κ3) is 6.96. The molecule has 109 heavy (non-hydrogen) atoms. The Hall–Kier alpha value is -13.8. The summed E-state index contributed by atoms with van der Waals surface area (Å²) >= 11 is 0. The topological polar surface area (TPSA) is 11.4 Å². The molecule has 0 bridgehead atoms. The maximum atomic E-state index is 2.81. The van der Waals surface area contributed by atoms with Gasteiger partial charge in [-0.25, -0.2) is 0 Å². The Morgan fingerprint density at radius 3 is 1.08 bits per heavy atom. The third-order valence-corrected chi connectivity index (χ3v) is 26.6. The minimum atomic E-state index is -0.701. The van der Waals surface area contributed by atoms with E-state index in [1.165, 1.54) is 177 Å². The average molecular weight is 1380 g/mol. The van der Waals surface area contributed by atoms with Crippen LogP contribution in [0.5, 0.6) is 0 Å². The molecule has 6 aliphatic carbocycles. The van der Waals surface area contributed by atoms with Gasteiger partial charge in [0.2, 0.25) is 0 Å². The van der Waals surface area contributed by atoms with Crippen molar-refractivity contribution in [2.75, 3.05) is 9.80 Å². The second-order valence-electron chi connectivity index (χ2n) is 31.1. The van der Waals surface area contributed by atoms with Crippen molar-refractivity contribution in [1.29, 1.82) is 0 Å². The molecule has 26 rings (SSSR count). The first-order valence-corrected chi connectivity index (χ1v) is 38.4. The first-order valence-electron chi connectivity index (χ1n) is 38.4. The highest BCUT2D eigenvalue weighted by molar-refractivity contribution is 7.00. The van der Waals surface area contributed by atoms with Gasteiger partial charge >= 0.3 is 0 Å². The highest BCUT2D eigenvalue weighted by atomic mass is 15.2. The number of hydrogen-bond donors (Lipinski definition) is 0. The lowest BCUT2D eigenvalue weighted by molar-refractivity contribution is 0.790. The van der Waals surface area contributed by atoms with Crippen LogP contribution in [0, 0.1) is 0 Å². The lowest BCUT2D eigenvalue weighted by Gasteiger charge is -2.46. The van der Waals surface area contributed by atoms with Crippen LogP contribution in [0.25, 0.3) is 105 Å². The summed E-state index contributed by atoms with van der Waals surface area (Å²) in [5.41, 5.74) is 45.6. The van der Waals surface area contributed by atoms with Gasteiger partial charge in [0.05, 0.1) is 38.7 Å². The van der Waals surface area contributed by atoms with E-state index in [-0.39, 0.29) is 6.71 Å². The summed E-state index contributed by atoms with van der Waals surface area (Å²) in [6.45, 7) is -0.273. The zero-order chi connectivity index (χ0) is 70.7. The van der Waals surface area contributed by atoms with E-state index in [0.29, 0.717) is 0 Å². The predicted octanol–water partition coefficient (Wildman–Crippen LogP) is 23.6. The van der Waals surface area contributed by atoms with Crippen LogP contribution < -0.4 is 26.2 Å². The molecule has 0 N–H and O–H groups in total. The Morgan fingerprint density at radius 1 is 0.202 bits per heavy atom. The Labute approximate surface area is 631 Å². The van der Waals surface area contributed by atoms with Crippen molar-refractivity contribution in [2.45, 2.75) is 16.2 Å². The number of anilines is 6. The molecule has 0 fully saturated rings. The Bertz CT molecular complexity index is 6950. The fourth-order valence-electron chi connectivity index (χ4n) is 22.8. The van der Waals surface area contributed by atoms with Gasteiger partial charge < -0.3 is 14.4 Å². The molecule has 3 nitrogen and oxygen atoms in total. The van der Waals surface area contributed by atoms with Crippen molar-refractivity contribution in [3.63, 3.8) is 0 Å². The fourth-order valence-corrected chi connectivity index (χ4v) is 22.8. The van der Waals surface area contributed by atoms with Crippen LogP contribution in [0.3, 0.4) is 0 Å². The van der Waals surface area contributed by atoms with Crippen molar-refractivity contribution < 1.29 is 0 Å². The van der Waals surface area contributed by atoms with E-state index in [2.05, 4.69) is 390 Å². The Balaban J connectivity index is 0.844. The molecule has 2 aliphatic heterocycles. The summed E-state index contributed by atoms with van der Waals surface area (Å²) in [5, 5.41) is 2.44. The molecule has 8 aliphatic rings. The van der Waals surface area contributed by atoms with Crippen LogP contribution in [0.15, 0.2) is 376 Å². The second-order valence-corrected chi connectivity index (χ2v) is 31.1. The normalized spacial score (nSPS) is 15.0. The Kier molecular flexibility index (Phi) is 11.2. The molecule has 0 saturated carbocycles. The van der Waals surface area contributed by atoms with Gasteiger partial charge in [-0.2, -0.15) is 0 Å². The van der Waals surface area contributed by atoms with Crippen molar-refractivity contribution in [3.8, 4) is 83.6 Å². The summed E-state index contributed by atoms with van der Waals surface area (Å²) in [7, 11) is 0. The molecule has 0 saturated heterocycles. The van der Waals surface area contributed by atoms with Crippen molar-refractivity contribution >= 4 is 79.0 Å². The molecule has 3 spiro atoms. The van der Waals surface area contributed by atoms with Crippen LogP contribution in [0.1, 0.15) is 66.8 Å². The van der Waals surface area contributed by atoms with Gasteiger partial charge in [-0.1, -0.05) is 322 Å². The van der Waals surface area contributed by atoms with E-state index in [1.54, 1.807) is 0 Å². The monoisotopic (exact) mass is 1380 g/mol. The molecule has 0 unspecified atom stereocenters. The van der Waals surface area contributed by atoms with E-state index in [1.807, 2.05) is 0 Å². The summed E-state index contributed by atoms with van der Waals surface area (Å²) in [5.74, 6) is 0. The van der Waals surface area contributed by atoms with Crippen molar-refractivity contribution in [2.24, 2.45) is 0 Å². The quantitative estimate of drug-likeness (QED) is 0.163. The van der Waals surface area contributed by atoms with Gasteiger partial charge in [0.25, 0.3) is 6.71 Å². The minimum absolute atomic E-state index is 0.273. The van der Waals surface area contributed by atoms with Crippen LogP contribution in [-0.4, -0.2) is 11.3 Å². The van der Waals surface area contributed by atoms with Crippen molar-refractivity contribution in [3.05, 3.63) is 443 Å². The number of aromatic nitrogens is 1. The van der Waals surface area contributed by atoms with Gasteiger partial charge in [-0.05, 0) is 210 Å². The molecular weight excluding hydrogens is 1310 g/mol. The van der Waals surface area contributed by atoms with Crippen molar-refractivity contribution in [1.82, 2.24) is 4.57 Å². The second kappa shape index (κ2) is 20.8. The van der Waals surface area contributed by atoms with Crippen LogP contribution in [0.2, 0.25) is 0 Å². The maximum Gasteiger partial charge on any atom is 0.252 e. The zero-order valence-corrected chi connectivity index (χ0v) is 59.2. The molecular formula is C105H62BN3. The standard InChI is InChI=1S/C105H62BN3/c1-2-27-63(28-3-1)64-53-56-96-92(57-64)106-93-61-80-75-37-12-20-46-86(75)104(83-43-17-6-31-69(83)70-32-7-18-44-84(70)104)91(80)62-98(93)109(97-52-26-40-79-74-36-11-23-49-89(74)105(101(79)97)87-47-21-9-33-71(87)72-34-10-22-48-88(72)105)100-60-66(108-94-50-24-13-38-77(94)78-39-14-25-51-95(78)108)59-99(102(100)106)107(96)65-54-55-76-73-35-8-19-45-85(73)103(90(76)58-65)81-41-15-4-29-67(81)68-30-5-16-42-82(68)103/h1-62H. The predicted molar refractivity (Wildman–Crippen MR) is 449 cm³/mol. The van der Waals surface area contributed by atoms with Gasteiger partial charge in [0, 0.05) is 44.8 Å². The van der Waals surface area contributed by atoms with Crippen LogP contribution in [-0.2, 0) is 16.2 Å². The molecule has 17 aromatic carbocycles. The Morgan fingerprint density at radius 2 is 0.587 bits per heavy atom. The number of hydrogen-bond acceptors (Lipinski definition) is 2. The summed E-state index contributed by atoms with van der Waals surface area (Å²) < 4.78 is 2.58. The number of benzene rings is 17. The van der Waals surface area contributed by atoms with Crippen LogP contribution >= 0.6 is 0 Å². The largest absolute Gasteiger partial charge is 0.311 e. The number of fused-ring (bicyclic) bond motifs is 37. The minimum Gasteiger partial charge on any atom is -0.311 e. The summed E-state index contributed by atoms with van der Waals surface area (Å²) in [4.78, 5) is 5.51. The van der Waals surface area contributed by atoms with Gasteiger partial charge in [-0.3, -0.25) is 0 Å². The van der Waals surface area contributed by atoms with E-state index >= 15 is 0 Å². The lowest BCUT2D eigenvalue weighted by Crippen LogP contribution is -2.61. The molecule has 0 atom stereocenters. The van der Waals surface area contributed by atoms with E-state index in [4.69, 9.17) is 0 Å². The average Bonchev–Trinajstić information content (AvgIpc) is 1.55. The number of para-hydroxylation sites is 2. The lowest BCUT2D eigenvalue weighted by atomic mass is 9.33. The molecule has 500 valence electrons. The van der Waals surface area contributed by atoms with E-state index < -0.39 is 16.2 Å². The molecule has 0 radical (unpaired) electrons. The zero-order valence-electron chi connectivity index (χ0n) is 59.2. The maximum absolute atomic E-state index is 2.81. The molecule has 18 aromatic rings. The molecule has 1 aromatic heterocycles. The van der Waals surface area contributed by atoms with Crippen LogP contribution in [0.4, 0.5) is 34.1 Å². The SMILES string of the molecule is c1ccc(-c2ccc3c(c2)B2c4cc5c(cc4N(c4cccc6c4C4(c7ccccc7-c7ccccc74)c4ccccc4-6)c4cc(-n6c7ccccc7c7ccccc76)cc(c42)N3c2ccc3c(c2)C2(c4ccccc4-c4ccccc42)c2ccccc2-3)C2(c3ccccc3-c3ccccc32)c2ccccc2-5)cc1. The van der Waals surface area contributed by atoms with Gasteiger partial charge in [0.15, 0.2) is 0 Å². The molecule has 3 heterocycles. The van der Waals surface area contributed by atoms with E-state index in [9.17, 15) is 0 Å². The summed E-state index contributed by atoms with van der Waals surface area (Å²) in [6, 6.07) is 146. The molecule has 4 heteroatoms. The smallest absolute Gasteiger partial charge is 0.252 e. The number of rotatable bonds is 4.